The molecule has 22 heavy (non-hydrogen) atoms. The fourth-order valence-corrected chi connectivity index (χ4v) is 1.99. The molecule has 7 heteroatoms. The van der Waals surface area contributed by atoms with E-state index in [0.29, 0.717) is 17.2 Å². The topological polar surface area (TPSA) is 47.6 Å². The van der Waals surface area contributed by atoms with E-state index in [1.54, 1.807) is 18.2 Å². The minimum atomic E-state index is -4.42. The first-order valence-corrected chi connectivity index (χ1v) is 6.32. The number of fused-ring (bicyclic) bond motifs is 1. The van der Waals surface area contributed by atoms with E-state index in [9.17, 15) is 18.0 Å². The monoisotopic (exact) mass is 309 g/mol. The Labute approximate surface area is 123 Å². The summed E-state index contributed by atoms with van der Waals surface area (Å²) in [6.07, 6.45) is -4.42. The van der Waals surface area contributed by atoms with Crippen LogP contribution in [-0.2, 0) is 6.18 Å². The van der Waals surface area contributed by atoms with E-state index in [4.69, 9.17) is 9.47 Å². The lowest BCUT2D eigenvalue weighted by molar-refractivity contribution is -0.137. The van der Waals surface area contributed by atoms with Crippen molar-refractivity contribution >= 4 is 11.6 Å². The van der Waals surface area contributed by atoms with Crippen LogP contribution in [0.4, 0.5) is 18.9 Å². The molecular formula is C15H10F3NO3. The molecule has 1 heterocycles. The zero-order valence-electron chi connectivity index (χ0n) is 11.1. The molecule has 1 N–H and O–H groups in total. The highest BCUT2D eigenvalue weighted by Gasteiger charge is 2.30. The first kappa shape index (κ1) is 14.2. The molecule has 2 aromatic rings. The van der Waals surface area contributed by atoms with Gasteiger partial charge in [0.25, 0.3) is 5.91 Å². The zero-order valence-corrected chi connectivity index (χ0v) is 11.1. The number of amides is 1. The zero-order chi connectivity index (χ0) is 15.7. The van der Waals surface area contributed by atoms with Crippen molar-refractivity contribution in [3.8, 4) is 11.5 Å². The number of benzene rings is 2. The second-order valence-electron chi connectivity index (χ2n) is 4.60. The highest BCUT2D eigenvalue weighted by atomic mass is 19.4. The predicted molar refractivity (Wildman–Crippen MR) is 72.0 cm³/mol. The second-order valence-corrected chi connectivity index (χ2v) is 4.60. The van der Waals surface area contributed by atoms with Gasteiger partial charge in [-0.2, -0.15) is 13.2 Å². The van der Waals surface area contributed by atoms with Gasteiger partial charge in [0, 0.05) is 17.3 Å². The normalized spacial score (nSPS) is 13.0. The molecule has 0 spiro atoms. The maximum absolute atomic E-state index is 12.5. The van der Waals surface area contributed by atoms with Crippen molar-refractivity contribution in [2.24, 2.45) is 0 Å². The van der Waals surface area contributed by atoms with Crippen LogP contribution < -0.4 is 14.8 Å². The summed E-state index contributed by atoms with van der Waals surface area (Å²) in [5.41, 5.74) is -0.202. The number of carbonyl (C=O) groups excluding carboxylic acids is 1. The van der Waals surface area contributed by atoms with Crippen LogP contribution in [0.2, 0.25) is 0 Å². The Morgan fingerprint density at radius 2 is 1.68 bits per heavy atom. The van der Waals surface area contributed by atoms with Crippen LogP contribution >= 0.6 is 0 Å². The van der Waals surface area contributed by atoms with Gasteiger partial charge in [-0.25, -0.2) is 0 Å². The van der Waals surface area contributed by atoms with Crippen LogP contribution in [0, 0.1) is 0 Å². The van der Waals surface area contributed by atoms with E-state index < -0.39 is 17.6 Å². The maximum atomic E-state index is 12.5. The molecule has 0 aliphatic carbocycles. The van der Waals surface area contributed by atoms with E-state index in [1.165, 1.54) is 0 Å². The largest absolute Gasteiger partial charge is 0.454 e. The Bertz CT molecular complexity index is 711. The number of rotatable bonds is 2. The smallest absolute Gasteiger partial charge is 0.416 e. The van der Waals surface area contributed by atoms with Gasteiger partial charge in [-0.1, -0.05) is 0 Å². The molecule has 4 nitrogen and oxygen atoms in total. The molecular weight excluding hydrogens is 299 g/mol. The number of ether oxygens (including phenoxy) is 2. The Morgan fingerprint density at radius 3 is 2.36 bits per heavy atom. The van der Waals surface area contributed by atoms with E-state index >= 15 is 0 Å². The van der Waals surface area contributed by atoms with Gasteiger partial charge in [0.2, 0.25) is 6.79 Å². The SMILES string of the molecule is O=C(Nc1ccc2c(c1)OCO2)c1ccc(C(F)(F)F)cc1. The standard InChI is InChI=1S/C15H10F3NO3/c16-15(17,18)10-3-1-9(2-4-10)14(20)19-11-5-6-12-13(7-11)22-8-21-12/h1-7H,8H2,(H,19,20). The molecule has 2 aromatic carbocycles. The predicted octanol–water partition coefficient (Wildman–Crippen LogP) is 3.69. The van der Waals surface area contributed by atoms with Crippen molar-refractivity contribution in [3.63, 3.8) is 0 Å². The molecule has 0 radical (unpaired) electrons. The molecule has 3 rings (SSSR count). The van der Waals surface area contributed by atoms with Gasteiger partial charge in [0.05, 0.1) is 5.56 Å². The van der Waals surface area contributed by atoms with Gasteiger partial charge in [0.15, 0.2) is 11.5 Å². The number of nitrogens with one attached hydrogen (secondary N) is 1. The van der Waals surface area contributed by atoms with E-state index in [1.807, 2.05) is 0 Å². The minimum absolute atomic E-state index is 0.117. The summed E-state index contributed by atoms with van der Waals surface area (Å²) in [7, 11) is 0. The summed E-state index contributed by atoms with van der Waals surface area (Å²) in [5, 5.41) is 2.59. The van der Waals surface area contributed by atoms with E-state index in [-0.39, 0.29) is 12.4 Å². The van der Waals surface area contributed by atoms with Crippen LogP contribution in [0.15, 0.2) is 42.5 Å². The van der Waals surface area contributed by atoms with Crippen molar-refractivity contribution in [3.05, 3.63) is 53.6 Å². The van der Waals surface area contributed by atoms with Gasteiger partial charge < -0.3 is 14.8 Å². The Kier molecular flexibility index (Phi) is 3.40. The number of halogens is 3. The molecule has 0 unspecified atom stereocenters. The molecule has 1 aliphatic rings. The van der Waals surface area contributed by atoms with Crippen molar-refractivity contribution < 1.29 is 27.4 Å². The fourth-order valence-electron chi connectivity index (χ4n) is 1.99. The Balaban J connectivity index is 1.74. The molecule has 0 saturated heterocycles. The maximum Gasteiger partial charge on any atom is 0.416 e. The number of hydrogen-bond donors (Lipinski definition) is 1. The van der Waals surface area contributed by atoms with Crippen molar-refractivity contribution in [1.29, 1.82) is 0 Å². The van der Waals surface area contributed by atoms with Crippen LogP contribution in [0.3, 0.4) is 0 Å². The summed E-state index contributed by atoms with van der Waals surface area (Å²) < 4.78 is 47.7. The van der Waals surface area contributed by atoms with E-state index in [2.05, 4.69) is 5.32 Å². The first-order valence-electron chi connectivity index (χ1n) is 6.32. The lowest BCUT2D eigenvalue weighted by Crippen LogP contribution is -2.12. The number of anilines is 1. The van der Waals surface area contributed by atoms with Gasteiger partial charge in [-0.3, -0.25) is 4.79 Å². The van der Waals surface area contributed by atoms with Gasteiger partial charge in [-0.05, 0) is 36.4 Å². The van der Waals surface area contributed by atoms with Crippen molar-refractivity contribution in [2.75, 3.05) is 12.1 Å². The third-order valence-electron chi connectivity index (χ3n) is 3.10. The first-order chi connectivity index (χ1) is 10.4. The van der Waals surface area contributed by atoms with Crippen LogP contribution in [0.1, 0.15) is 15.9 Å². The quantitative estimate of drug-likeness (QED) is 0.920. The lowest BCUT2D eigenvalue weighted by atomic mass is 10.1. The minimum Gasteiger partial charge on any atom is -0.454 e. The second kappa shape index (κ2) is 5.25. The van der Waals surface area contributed by atoms with Crippen LogP contribution in [0.5, 0.6) is 11.5 Å². The van der Waals surface area contributed by atoms with Crippen molar-refractivity contribution in [1.82, 2.24) is 0 Å². The molecule has 0 atom stereocenters. The average molecular weight is 309 g/mol. The summed E-state index contributed by atoms with van der Waals surface area (Å²) >= 11 is 0. The molecule has 0 fully saturated rings. The van der Waals surface area contributed by atoms with Gasteiger partial charge in [0.1, 0.15) is 0 Å². The van der Waals surface area contributed by atoms with Gasteiger partial charge in [-0.15, -0.1) is 0 Å². The summed E-state index contributed by atoms with van der Waals surface area (Å²) in [5.74, 6) is 0.574. The fraction of sp³-hybridized carbons (Fsp3) is 0.133. The Hall–Kier alpha value is -2.70. The summed E-state index contributed by atoms with van der Waals surface area (Å²) in [6, 6.07) is 8.85. The number of alkyl halides is 3. The average Bonchev–Trinajstić information content (AvgIpc) is 2.94. The van der Waals surface area contributed by atoms with Gasteiger partial charge >= 0.3 is 6.18 Å². The lowest BCUT2D eigenvalue weighted by Gasteiger charge is -2.08. The molecule has 0 saturated carbocycles. The number of carbonyl (C=O) groups is 1. The number of hydrogen-bond acceptors (Lipinski definition) is 3. The van der Waals surface area contributed by atoms with Crippen LogP contribution in [0.25, 0.3) is 0 Å². The molecule has 0 aromatic heterocycles. The highest BCUT2D eigenvalue weighted by molar-refractivity contribution is 6.04. The summed E-state index contributed by atoms with van der Waals surface area (Å²) in [6.45, 7) is 0.117. The Morgan fingerprint density at radius 1 is 1.00 bits per heavy atom. The third kappa shape index (κ3) is 2.83. The molecule has 0 bridgehead atoms. The van der Waals surface area contributed by atoms with E-state index in [0.717, 1.165) is 24.3 Å². The van der Waals surface area contributed by atoms with Crippen LogP contribution in [-0.4, -0.2) is 12.7 Å². The van der Waals surface area contributed by atoms with Crippen molar-refractivity contribution in [2.45, 2.75) is 6.18 Å². The summed E-state index contributed by atoms with van der Waals surface area (Å²) in [4.78, 5) is 12.0. The molecule has 114 valence electrons. The molecule has 1 aliphatic heterocycles. The molecule has 1 amide bonds. The third-order valence-corrected chi connectivity index (χ3v) is 3.10. The highest BCUT2D eigenvalue weighted by Crippen LogP contribution is 2.34.